The van der Waals surface area contributed by atoms with Crippen LogP contribution in [0.4, 0.5) is 5.13 Å². The first-order valence-corrected chi connectivity index (χ1v) is 11.5. The maximum Gasteiger partial charge on any atom is 0.287 e. The van der Waals surface area contributed by atoms with Gasteiger partial charge in [0.15, 0.2) is 6.61 Å². The minimum atomic E-state index is -0.358. The van der Waals surface area contributed by atoms with Gasteiger partial charge in [0, 0.05) is 9.50 Å². The molecule has 6 nitrogen and oxygen atoms in total. The predicted molar refractivity (Wildman–Crippen MR) is 132 cm³/mol. The number of amides is 1. The summed E-state index contributed by atoms with van der Waals surface area (Å²) in [6.07, 6.45) is 1.60. The monoisotopic (exact) mass is 529 g/mol. The molecule has 0 N–H and O–H groups in total. The summed E-state index contributed by atoms with van der Waals surface area (Å²) in [5.41, 5.74) is 1.59. The van der Waals surface area contributed by atoms with Gasteiger partial charge in [-0.1, -0.05) is 38.9 Å². The van der Waals surface area contributed by atoms with Crippen LogP contribution in [0.1, 0.15) is 5.56 Å². The molecule has 4 rings (SSSR count). The van der Waals surface area contributed by atoms with E-state index in [1.165, 1.54) is 16.3 Å². The van der Waals surface area contributed by atoms with Gasteiger partial charge < -0.3 is 9.47 Å². The fourth-order valence-electron chi connectivity index (χ4n) is 2.75. The molecule has 1 amide bonds. The minimum absolute atomic E-state index is 0.207. The van der Waals surface area contributed by atoms with E-state index in [2.05, 4.69) is 26.0 Å². The summed E-state index contributed by atoms with van der Waals surface area (Å²) in [7, 11) is 1.61. The number of thiazole rings is 1. The van der Waals surface area contributed by atoms with Crippen LogP contribution in [0.5, 0.6) is 11.5 Å². The summed E-state index contributed by atoms with van der Waals surface area (Å²) >= 11 is 10.7. The first kappa shape index (κ1) is 22.3. The zero-order valence-electron chi connectivity index (χ0n) is 16.9. The van der Waals surface area contributed by atoms with Gasteiger partial charge in [-0.2, -0.15) is 10.1 Å². The highest BCUT2D eigenvalue weighted by Gasteiger charge is 2.20. The number of hydrogen-bond donors (Lipinski definition) is 0. The number of ether oxygens (including phenoxy) is 2. The Morgan fingerprint density at radius 3 is 2.56 bits per heavy atom. The van der Waals surface area contributed by atoms with Gasteiger partial charge in [-0.3, -0.25) is 4.79 Å². The number of carbonyl (C=O) groups excluding carboxylic acids is 1. The highest BCUT2D eigenvalue weighted by atomic mass is 79.9. The Balaban J connectivity index is 1.60. The molecule has 0 atom stereocenters. The van der Waals surface area contributed by atoms with Crippen LogP contribution in [0, 0.1) is 0 Å². The van der Waals surface area contributed by atoms with Crippen molar-refractivity contribution in [3.8, 4) is 11.5 Å². The topological polar surface area (TPSA) is 64.0 Å². The Morgan fingerprint density at radius 1 is 1.12 bits per heavy atom. The van der Waals surface area contributed by atoms with Gasteiger partial charge in [-0.05, 0) is 72.3 Å². The second-order valence-electron chi connectivity index (χ2n) is 6.57. The van der Waals surface area contributed by atoms with E-state index in [1.54, 1.807) is 37.6 Å². The van der Waals surface area contributed by atoms with Crippen LogP contribution in [-0.4, -0.2) is 30.8 Å². The lowest BCUT2D eigenvalue weighted by molar-refractivity contribution is -0.120. The number of carbonyl (C=O) groups is 1. The number of fused-ring (bicyclic) bond motifs is 1. The number of benzene rings is 3. The van der Waals surface area contributed by atoms with Gasteiger partial charge in [0.05, 0.1) is 23.5 Å². The van der Waals surface area contributed by atoms with E-state index in [0.29, 0.717) is 15.9 Å². The van der Waals surface area contributed by atoms with Crippen molar-refractivity contribution in [2.45, 2.75) is 0 Å². The quantitative estimate of drug-likeness (QED) is 0.212. The summed E-state index contributed by atoms with van der Waals surface area (Å²) in [5.74, 6) is 0.918. The third-order valence-electron chi connectivity index (χ3n) is 4.37. The fourth-order valence-corrected chi connectivity index (χ4v) is 4.37. The molecule has 4 aromatic rings. The molecular formula is C23H17BrClN3O3S. The van der Waals surface area contributed by atoms with Crippen molar-refractivity contribution >= 4 is 66.3 Å². The first-order chi connectivity index (χ1) is 15.5. The molecule has 32 heavy (non-hydrogen) atoms. The number of hydrogen-bond acceptors (Lipinski definition) is 6. The van der Waals surface area contributed by atoms with Crippen molar-refractivity contribution in [2.75, 3.05) is 18.7 Å². The molecule has 1 aromatic heterocycles. The molecule has 3 aromatic carbocycles. The number of methoxy groups -OCH3 is 1. The predicted octanol–water partition coefficient (Wildman–Crippen LogP) is 6.17. The van der Waals surface area contributed by atoms with Gasteiger partial charge >= 0.3 is 0 Å². The molecule has 0 saturated carbocycles. The van der Waals surface area contributed by atoms with Crippen molar-refractivity contribution in [3.63, 3.8) is 0 Å². The highest BCUT2D eigenvalue weighted by molar-refractivity contribution is 9.10. The molecule has 0 saturated heterocycles. The standard InChI is InChI=1S/C23H17BrClN3O3S/c1-30-18-7-2-15(3-8-18)13-26-28(22(29)14-31-19-9-5-17(25)6-10-19)23-27-20-11-4-16(24)12-21(20)32-23/h2-13H,14H2,1H3/b26-13+. The molecule has 9 heteroatoms. The van der Waals surface area contributed by atoms with Gasteiger partial charge in [0.25, 0.3) is 5.91 Å². The summed E-state index contributed by atoms with van der Waals surface area (Å²) < 4.78 is 12.7. The van der Waals surface area contributed by atoms with Crippen LogP contribution in [0.25, 0.3) is 10.2 Å². The van der Waals surface area contributed by atoms with Crippen molar-refractivity contribution in [2.24, 2.45) is 5.10 Å². The normalized spacial score (nSPS) is 11.1. The van der Waals surface area contributed by atoms with Gasteiger partial charge in [0.2, 0.25) is 5.13 Å². The van der Waals surface area contributed by atoms with Gasteiger partial charge in [-0.25, -0.2) is 4.98 Å². The Hall–Kier alpha value is -2.94. The number of rotatable bonds is 7. The largest absolute Gasteiger partial charge is 0.497 e. The van der Waals surface area contributed by atoms with Crippen molar-refractivity contribution in [1.82, 2.24) is 4.98 Å². The molecule has 0 bridgehead atoms. The first-order valence-electron chi connectivity index (χ1n) is 9.47. The van der Waals surface area contributed by atoms with Crippen LogP contribution in [0.2, 0.25) is 5.02 Å². The van der Waals surface area contributed by atoms with Gasteiger partial charge in [-0.15, -0.1) is 0 Å². The lowest BCUT2D eigenvalue weighted by atomic mass is 10.2. The van der Waals surface area contributed by atoms with Crippen LogP contribution >= 0.6 is 38.9 Å². The molecular weight excluding hydrogens is 514 g/mol. The zero-order valence-corrected chi connectivity index (χ0v) is 20.0. The van der Waals surface area contributed by atoms with Crippen molar-refractivity contribution < 1.29 is 14.3 Å². The van der Waals surface area contributed by atoms with E-state index >= 15 is 0 Å². The smallest absolute Gasteiger partial charge is 0.287 e. The van der Waals surface area contributed by atoms with Crippen molar-refractivity contribution in [3.05, 3.63) is 81.8 Å². The highest BCUT2D eigenvalue weighted by Crippen LogP contribution is 2.31. The van der Waals surface area contributed by atoms with E-state index in [-0.39, 0.29) is 12.5 Å². The zero-order chi connectivity index (χ0) is 22.5. The number of hydrazone groups is 1. The maximum atomic E-state index is 13.0. The maximum absolute atomic E-state index is 13.0. The molecule has 1 heterocycles. The summed E-state index contributed by atoms with van der Waals surface area (Å²) in [4.78, 5) is 17.6. The van der Waals surface area contributed by atoms with Crippen LogP contribution in [0.3, 0.4) is 0 Å². The van der Waals surface area contributed by atoms with E-state index in [1.807, 2.05) is 42.5 Å². The number of anilines is 1. The van der Waals surface area contributed by atoms with E-state index in [0.717, 1.165) is 26.0 Å². The SMILES string of the molecule is COc1ccc(/C=N/N(C(=O)COc2ccc(Cl)cc2)c2nc3ccc(Br)cc3s2)cc1. The molecule has 0 fully saturated rings. The Bertz CT molecular complexity index is 1260. The second kappa shape index (κ2) is 10.1. The van der Waals surface area contributed by atoms with Crippen LogP contribution < -0.4 is 14.5 Å². The van der Waals surface area contributed by atoms with E-state index in [4.69, 9.17) is 21.1 Å². The van der Waals surface area contributed by atoms with Crippen LogP contribution in [0.15, 0.2) is 76.3 Å². The van der Waals surface area contributed by atoms with Gasteiger partial charge in [0.1, 0.15) is 11.5 Å². The molecule has 0 unspecified atom stereocenters. The average molecular weight is 531 g/mol. The Kier molecular flexibility index (Phi) is 7.04. The Morgan fingerprint density at radius 2 is 1.84 bits per heavy atom. The Labute approximate surface area is 202 Å². The third-order valence-corrected chi connectivity index (χ3v) is 6.11. The van der Waals surface area contributed by atoms with Crippen LogP contribution in [-0.2, 0) is 4.79 Å². The lowest BCUT2D eigenvalue weighted by Gasteiger charge is -2.14. The van der Waals surface area contributed by atoms with E-state index < -0.39 is 0 Å². The number of nitrogens with zero attached hydrogens (tertiary/aromatic N) is 3. The third kappa shape index (κ3) is 5.45. The number of aromatic nitrogens is 1. The average Bonchev–Trinajstić information content (AvgIpc) is 3.22. The lowest BCUT2D eigenvalue weighted by Crippen LogP contribution is -2.30. The minimum Gasteiger partial charge on any atom is -0.497 e. The summed E-state index contributed by atoms with van der Waals surface area (Å²) in [6, 6.07) is 19.9. The molecule has 0 spiro atoms. The van der Waals surface area contributed by atoms with Crippen molar-refractivity contribution in [1.29, 1.82) is 0 Å². The van der Waals surface area contributed by atoms with E-state index in [9.17, 15) is 4.79 Å². The molecule has 0 aliphatic rings. The molecule has 162 valence electrons. The molecule has 0 aliphatic carbocycles. The molecule has 0 radical (unpaired) electrons. The second-order valence-corrected chi connectivity index (χ2v) is 8.94. The molecule has 0 aliphatic heterocycles. The fraction of sp³-hybridized carbons (Fsp3) is 0.0870. The summed E-state index contributed by atoms with van der Waals surface area (Å²) in [6.45, 7) is -0.207. The number of halogens is 2. The summed E-state index contributed by atoms with van der Waals surface area (Å²) in [5, 5.41) is 6.72.